The van der Waals surface area contributed by atoms with Gasteiger partial charge in [0.05, 0.1) is 38.7 Å². The van der Waals surface area contributed by atoms with Crippen molar-refractivity contribution in [2.75, 3.05) is 50.3 Å². The van der Waals surface area contributed by atoms with Gasteiger partial charge in [0.15, 0.2) is 5.82 Å². The van der Waals surface area contributed by atoms with Gasteiger partial charge in [-0.05, 0) is 34.4 Å². The quantitative estimate of drug-likeness (QED) is 0.0985. The first-order chi connectivity index (χ1) is 19.6. The molecule has 0 unspecified atom stereocenters. The van der Waals surface area contributed by atoms with Gasteiger partial charge in [0.25, 0.3) is 5.91 Å². The van der Waals surface area contributed by atoms with E-state index in [4.69, 9.17) is 19.7 Å². The van der Waals surface area contributed by atoms with Crippen LogP contribution in [0.1, 0.15) is 21.5 Å². The maximum atomic E-state index is 12.1. The van der Waals surface area contributed by atoms with E-state index in [1.165, 1.54) is 7.11 Å². The van der Waals surface area contributed by atoms with E-state index in [0.717, 1.165) is 22.0 Å². The largest absolute Gasteiger partial charge is 0.496 e. The first-order valence-electron chi connectivity index (χ1n) is 12.6. The monoisotopic (exact) mass is 541 g/mol. The maximum Gasteiger partial charge on any atom is 0.320 e. The molecule has 0 aliphatic carbocycles. The SMILES string of the molecule is COc1ccc(CCOc2nc(N/N=C/c3c[nH]c4ccccc34)cc(N3CCOCC3)n2)cc1C(=O)N=[N+]=[N-]. The van der Waals surface area contributed by atoms with Gasteiger partial charge in [0.2, 0.25) is 0 Å². The Balaban J connectivity index is 1.31. The van der Waals surface area contributed by atoms with E-state index in [0.29, 0.717) is 50.1 Å². The van der Waals surface area contributed by atoms with Crippen LogP contribution in [0.2, 0.25) is 0 Å². The second-order valence-electron chi connectivity index (χ2n) is 8.78. The van der Waals surface area contributed by atoms with E-state index in [2.05, 4.69) is 40.4 Å². The summed E-state index contributed by atoms with van der Waals surface area (Å²) in [5.74, 6) is 0.791. The number of fused-ring (bicyclic) bond motifs is 1. The lowest BCUT2D eigenvalue weighted by Gasteiger charge is -2.28. The zero-order valence-corrected chi connectivity index (χ0v) is 21.8. The molecule has 0 bridgehead atoms. The van der Waals surface area contributed by atoms with Crippen molar-refractivity contribution in [3.05, 3.63) is 81.9 Å². The third-order valence-electron chi connectivity index (χ3n) is 6.28. The van der Waals surface area contributed by atoms with E-state index in [1.807, 2.05) is 42.6 Å². The van der Waals surface area contributed by atoms with Crippen LogP contribution in [0.3, 0.4) is 0 Å². The summed E-state index contributed by atoms with van der Waals surface area (Å²) < 4.78 is 16.6. The van der Waals surface area contributed by atoms with Gasteiger partial charge < -0.3 is 24.1 Å². The lowest BCUT2D eigenvalue weighted by molar-refractivity contribution is 0.0997. The van der Waals surface area contributed by atoms with Gasteiger partial charge in [-0.1, -0.05) is 24.3 Å². The molecular weight excluding hydrogens is 514 g/mol. The second-order valence-corrected chi connectivity index (χ2v) is 8.78. The Morgan fingerprint density at radius 1 is 1.23 bits per heavy atom. The van der Waals surface area contributed by atoms with Crippen LogP contribution in [0, 0.1) is 0 Å². The van der Waals surface area contributed by atoms with Gasteiger partial charge >= 0.3 is 6.01 Å². The molecule has 13 nitrogen and oxygen atoms in total. The predicted molar refractivity (Wildman–Crippen MR) is 150 cm³/mol. The molecule has 0 spiro atoms. The number of rotatable bonds is 10. The van der Waals surface area contributed by atoms with Gasteiger partial charge in [-0.2, -0.15) is 15.1 Å². The summed E-state index contributed by atoms with van der Waals surface area (Å²) >= 11 is 0. The van der Waals surface area contributed by atoms with Crippen LogP contribution in [0.4, 0.5) is 11.6 Å². The molecule has 4 aromatic rings. The molecule has 1 fully saturated rings. The molecule has 40 heavy (non-hydrogen) atoms. The summed E-state index contributed by atoms with van der Waals surface area (Å²) in [5.41, 5.74) is 14.6. The number of carbonyl (C=O) groups excluding carboxylic acids is 1. The fourth-order valence-electron chi connectivity index (χ4n) is 4.29. The zero-order valence-electron chi connectivity index (χ0n) is 21.8. The van der Waals surface area contributed by atoms with E-state index in [-0.39, 0.29) is 18.2 Å². The number of morpholine rings is 1. The number of methoxy groups -OCH3 is 1. The number of amides is 1. The van der Waals surface area contributed by atoms with Crippen molar-refractivity contribution in [3.63, 3.8) is 0 Å². The Morgan fingerprint density at radius 2 is 2.08 bits per heavy atom. The molecule has 2 aromatic carbocycles. The number of hydrogen-bond donors (Lipinski definition) is 2. The standard InChI is InChI=1S/C27H27N9O4/c1-38-23-7-6-18(14-21(23)26(37)34-35-28)8-11-40-27-31-24(15-25(32-27)36-9-12-39-13-10-36)33-30-17-19-16-29-22-5-3-2-4-20(19)22/h2-7,14-17,29H,8-13H2,1H3,(H,31,32,33)/b30-17+. The summed E-state index contributed by atoms with van der Waals surface area (Å²) in [6, 6.07) is 15.1. The molecule has 3 heterocycles. The van der Waals surface area contributed by atoms with Crippen molar-refractivity contribution in [3.8, 4) is 11.8 Å². The summed E-state index contributed by atoms with van der Waals surface area (Å²) in [6.45, 7) is 2.85. The minimum absolute atomic E-state index is 0.183. The molecule has 0 radical (unpaired) electrons. The molecule has 0 saturated carbocycles. The molecule has 204 valence electrons. The molecule has 1 amide bonds. The van der Waals surface area contributed by atoms with E-state index in [9.17, 15) is 4.79 Å². The van der Waals surface area contributed by atoms with Gasteiger partial charge in [-0.3, -0.25) is 10.2 Å². The minimum atomic E-state index is -0.715. The molecular formula is C27H27N9O4. The minimum Gasteiger partial charge on any atom is -0.496 e. The number of hydrazone groups is 1. The van der Waals surface area contributed by atoms with Crippen molar-refractivity contribution in [2.45, 2.75) is 6.42 Å². The highest BCUT2D eigenvalue weighted by atomic mass is 16.5. The topological polar surface area (TPSA) is 163 Å². The van der Waals surface area contributed by atoms with Crippen LogP contribution in [0.5, 0.6) is 11.8 Å². The number of ether oxygens (including phenoxy) is 3. The fraction of sp³-hybridized carbons (Fsp3) is 0.259. The highest BCUT2D eigenvalue weighted by Gasteiger charge is 2.16. The average molecular weight is 542 g/mol. The third kappa shape index (κ3) is 6.29. The first kappa shape index (κ1) is 26.5. The van der Waals surface area contributed by atoms with Crippen molar-refractivity contribution < 1.29 is 19.0 Å². The summed E-state index contributed by atoms with van der Waals surface area (Å²) in [4.78, 5) is 29.1. The fourth-order valence-corrected chi connectivity index (χ4v) is 4.29. The molecule has 1 saturated heterocycles. The number of carbonyl (C=O) groups is 1. The van der Waals surface area contributed by atoms with Crippen molar-refractivity contribution in [2.24, 2.45) is 10.2 Å². The van der Waals surface area contributed by atoms with E-state index in [1.54, 1.807) is 18.3 Å². The van der Waals surface area contributed by atoms with Crippen LogP contribution in [0.25, 0.3) is 21.3 Å². The Labute approximate surface area is 229 Å². The van der Waals surface area contributed by atoms with Crippen LogP contribution >= 0.6 is 0 Å². The van der Waals surface area contributed by atoms with Crippen molar-refractivity contribution in [1.29, 1.82) is 0 Å². The van der Waals surface area contributed by atoms with Gasteiger partial charge in [-0.15, -0.1) is 0 Å². The molecule has 5 rings (SSSR count). The number of H-pyrrole nitrogens is 1. The number of aromatic nitrogens is 3. The average Bonchev–Trinajstić information content (AvgIpc) is 3.40. The van der Waals surface area contributed by atoms with Crippen molar-refractivity contribution >= 4 is 34.7 Å². The smallest absolute Gasteiger partial charge is 0.320 e. The Hall–Kier alpha value is -5.13. The normalized spacial score (nSPS) is 13.3. The van der Waals surface area contributed by atoms with Gasteiger partial charge in [-0.25, -0.2) is 0 Å². The zero-order chi connectivity index (χ0) is 27.7. The number of azide groups is 1. The Bertz CT molecular complexity index is 1570. The lowest BCUT2D eigenvalue weighted by Crippen LogP contribution is -2.36. The van der Waals surface area contributed by atoms with E-state index < -0.39 is 5.91 Å². The molecule has 1 aliphatic heterocycles. The number of anilines is 2. The maximum absolute atomic E-state index is 12.1. The van der Waals surface area contributed by atoms with E-state index >= 15 is 0 Å². The van der Waals surface area contributed by atoms with Gasteiger partial charge in [0, 0.05) is 53.2 Å². The Kier molecular flexibility index (Phi) is 8.35. The highest BCUT2D eigenvalue weighted by Crippen LogP contribution is 2.23. The third-order valence-corrected chi connectivity index (χ3v) is 6.28. The van der Waals surface area contributed by atoms with Crippen molar-refractivity contribution in [1.82, 2.24) is 15.0 Å². The molecule has 2 aromatic heterocycles. The highest BCUT2D eigenvalue weighted by molar-refractivity contribution is 5.99. The van der Waals surface area contributed by atoms with Crippen LogP contribution < -0.4 is 19.8 Å². The predicted octanol–water partition coefficient (Wildman–Crippen LogP) is 4.32. The van der Waals surface area contributed by atoms with Gasteiger partial charge in [0.1, 0.15) is 11.6 Å². The number of nitrogens with one attached hydrogen (secondary N) is 2. The molecule has 13 heteroatoms. The van der Waals surface area contributed by atoms with Crippen LogP contribution in [-0.4, -0.2) is 67.1 Å². The number of hydrogen-bond acceptors (Lipinski definition) is 9. The molecule has 2 N–H and O–H groups in total. The van der Waals surface area contributed by atoms with Crippen LogP contribution in [-0.2, 0) is 11.2 Å². The molecule has 1 aliphatic rings. The first-order valence-corrected chi connectivity index (χ1v) is 12.6. The lowest BCUT2D eigenvalue weighted by atomic mass is 10.1. The second kappa shape index (κ2) is 12.6. The number of nitrogens with zero attached hydrogens (tertiary/aromatic N) is 7. The van der Waals surface area contributed by atoms with Crippen LogP contribution in [0.15, 0.2) is 64.9 Å². The number of para-hydroxylation sites is 1. The Morgan fingerprint density at radius 3 is 2.90 bits per heavy atom. The number of aromatic amines is 1. The molecule has 0 atom stereocenters. The summed E-state index contributed by atoms with van der Waals surface area (Å²) in [6.07, 6.45) is 4.08. The summed E-state index contributed by atoms with van der Waals surface area (Å²) in [5, 5.41) is 8.62. The summed E-state index contributed by atoms with van der Waals surface area (Å²) in [7, 11) is 1.44. The number of benzene rings is 2.